The monoisotopic (exact) mass is 325 g/mol. The number of hydrogen-bond donors (Lipinski definition) is 0. The van der Waals surface area contributed by atoms with E-state index in [-0.39, 0.29) is 11.7 Å². The summed E-state index contributed by atoms with van der Waals surface area (Å²) in [5.74, 6) is -0.241. The summed E-state index contributed by atoms with van der Waals surface area (Å²) in [6, 6.07) is 25.8. The van der Waals surface area contributed by atoms with Crippen molar-refractivity contribution in [3.63, 3.8) is 0 Å². The molecule has 4 rings (SSSR count). The molecule has 1 aliphatic heterocycles. The van der Waals surface area contributed by atoms with Crippen molar-refractivity contribution in [1.29, 1.82) is 0 Å². The number of carbonyl (C=O) groups is 2. The minimum atomic E-state index is -0.124. The van der Waals surface area contributed by atoms with Crippen LogP contribution in [0.15, 0.2) is 91.0 Å². The third-order valence-electron chi connectivity index (χ3n) is 4.22. The Morgan fingerprint density at radius 3 is 1.96 bits per heavy atom. The number of para-hydroxylation sites is 1. The maximum Gasteiger partial charge on any atom is 0.263 e. The van der Waals surface area contributed by atoms with Gasteiger partial charge in [-0.3, -0.25) is 14.5 Å². The van der Waals surface area contributed by atoms with E-state index in [1.54, 1.807) is 29.2 Å². The average molecular weight is 325 g/mol. The maximum atomic E-state index is 12.9. The summed E-state index contributed by atoms with van der Waals surface area (Å²) in [5, 5.41) is 0. The normalized spacial score (nSPS) is 14.6. The first-order valence-corrected chi connectivity index (χ1v) is 8.06. The first kappa shape index (κ1) is 15.1. The third kappa shape index (κ3) is 2.66. The van der Waals surface area contributed by atoms with E-state index in [9.17, 15) is 9.59 Å². The lowest BCUT2D eigenvalue weighted by molar-refractivity contribution is 0.101. The van der Waals surface area contributed by atoms with E-state index in [2.05, 4.69) is 0 Å². The Bertz CT molecular complexity index is 975. The first-order valence-electron chi connectivity index (χ1n) is 8.06. The van der Waals surface area contributed by atoms with Gasteiger partial charge in [0.1, 0.15) is 0 Å². The van der Waals surface area contributed by atoms with Crippen molar-refractivity contribution in [2.75, 3.05) is 4.90 Å². The summed E-state index contributed by atoms with van der Waals surface area (Å²) in [4.78, 5) is 27.2. The fourth-order valence-electron chi connectivity index (χ4n) is 3.03. The molecule has 3 nitrogen and oxygen atoms in total. The van der Waals surface area contributed by atoms with Crippen LogP contribution in [-0.4, -0.2) is 11.7 Å². The molecular weight excluding hydrogens is 310 g/mol. The number of nitrogens with zero attached hydrogens (tertiary/aromatic N) is 1. The Kier molecular flexibility index (Phi) is 3.75. The molecule has 0 saturated heterocycles. The van der Waals surface area contributed by atoms with Crippen molar-refractivity contribution in [1.82, 2.24) is 0 Å². The molecule has 0 radical (unpaired) electrons. The minimum Gasteiger partial charge on any atom is -0.289 e. The lowest BCUT2D eigenvalue weighted by Gasteiger charge is -2.18. The molecular formula is C22H15NO2. The van der Waals surface area contributed by atoms with Gasteiger partial charge in [0.15, 0.2) is 5.78 Å². The molecule has 0 N–H and O–H groups in total. The van der Waals surface area contributed by atoms with Gasteiger partial charge in [-0.15, -0.1) is 0 Å². The van der Waals surface area contributed by atoms with Crippen molar-refractivity contribution in [2.24, 2.45) is 0 Å². The molecule has 3 heteroatoms. The molecule has 1 heterocycles. The van der Waals surface area contributed by atoms with E-state index >= 15 is 0 Å². The van der Waals surface area contributed by atoms with Crippen molar-refractivity contribution >= 4 is 23.1 Å². The van der Waals surface area contributed by atoms with Crippen LogP contribution in [0.3, 0.4) is 0 Å². The predicted octanol–water partition coefficient (Wildman–Crippen LogP) is 4.57. The largest absolute Gasteiger partial charge is 0.289 e. The molecule has 3 aromatic carbocycles. The second-order valence-electron chi connectivity index (χ2n) is 5.78. The van der Waals surface area contributed by atoms with Crippen LogP contribution < -0.4 is 4.90 Å². The number of allylic oxidation sites excluding steroid dienone is 1. The van der Waals surface area contributed by atoms with E-state index in [0.29, 0.717) is 16.8 Å². The van der Waals surface area contributed by atoms with Crippen LogP contribution >= 0.6 is 0 Å². The molecule has 0 aromatic heterocycles. The van der Waals surface area contributed by atoms with Crippen LogP contribution in [0.2, 0.25) is 0 Å². The molecule has 1 aliphatic rings. The van der Waals surface area contributed by atoms with Gasteiger partial charge in [0.2, 0.25) is 0 Å². The summed E-state index contributed by atoms with van der Waals surface area (Å²) in [7, 11) is 0. The van der Waals surface area contributed by atoms with Gasteiger partial charge in [-0.05, 0) is 18.2 Å². The summed E-state index contributed by atoms with van der Waals surface area (Å²) in [6.45, 7) is 0. The van der Waals surface area contributed by atoms with Crippen LogP contribution in [-0.2, 0) is 0 Å². The molecule has 25 heavy (non-hydrogen) atoms. The van der Waals surface area contributed by atoms with E-state index in [1.807, 2.05) is 66.7 Å². The first-order chi connectivity index (χ1) is 12.3. The van der Waals surface area contributed by atoms with Gasteiger partial charge in [0.25, 0.3) is 5.91 Å². The predicted molar refractivity (Wildman–Crippen MR) is 98.4 cm³/mol. The summed E-state index contributed by atoms with van der Waals surface area (Å²) < 4.78 is 0. The lowest BCUT2D eigenvalue weighted by Crippen LogP contribution is -2.22. The highest BCUT2D eigenvalue weighted by atomic mass is 16.2. The zero-order chi connectivity index (χ0) is 17.2. The topological polar surface area (TPSA) is 37.4 Å². The van der Waals surface area contributed by atoms with Gasteiger partial charge in [-0.25, -0.2) is 0 Å². The van der Waals surface area contributed by atoms with Crippen molar-refractivity contribution < 1.29 is 9.59 Å². The maximum absolute atomic E-state index is 12.9. The van der Waals surface area contributed by atoms with E-state index in [4.69, 9.17) is 0 Å². The fraction of sp³-hybridized carbons (Fsp3) is 0. The molecule has 120 valence electrons. The van der Waals surface area contributed by atoms with Gasteiger partial charge in [0, 0.05) is 28.5 Å². The van der Waals surface area contributed by atoms with Crippen LogP contribution in [0.25, 0.3) is 5.70 Å². The Hall–Kier alpha value is -3.46. The average Bonchev–Trinajstić information content (AvgIpc) is 2.95. The number of ketones is 1. The minimum absolute atomic E-state index is 0.117. The van der Waals surface area contributed by atoms with Gasteiger partial charge in [-0.2, -0.15) is 0 Å². The molecule has 0 bridgehead atoms. The second kappa shape index (κ2) is 6.21. The smallest absolute Gasteiger partial charge is 0.263 e. The molecule has 0 fully saturated rings. The molecule has 0 atom stereocenters. The molecule has 0 saturated carbocycles. The zero-order valence-electron chi connectivity index (χ0n) is 13.4. The molecule has 0 spiro atoms. The highest BCUT2D eigenvalue weighted by Gasteiger charge is 2.33. The van der Waals surface area contributed by atoms with E-state index in [1.165, 1.54) is 0 Å². The number of anilines is 1. The summed E-state index contributed by atoms with van der Waals surface area (Å²) >= 11 is 0. The third-order valence-corrected chi connectivity index (χ3v) is 4.22. The van der Waals surface area contributed by atoms with Crippen molar-refractivity contribution in [3.05, 3.63) is 108 Å². The molecule has 3 aromatic rings. The van der Waals surface area contributed by atoms with E-state index in [0.717, 1.165) is 11.3 Å². The van der Waals surface area contributed by atoms with Gasteiger partial charge in [0.05, 0.1) is 5.70 Å². The standard InChI is InChI=1S/C22H15NO2/c24-21(16-9-3-1-4-10-16)15-20-18-13-7-8-14-19(18)22(25)23(20)17-11-5-2-6-12-17/h1-15H/b20-15+. The Balaban J connectivity index is 1.86. The van der Waals surface area contributed by atoms with Gasteiger partial charge < -0.3 is 0 Å². The van der Waals surface area contributed by atoms with Gasteiger partial charge >= 0.3 is 0 Å². The quantitative estimate of drug-likeness (QED) is 0.522. The zero-order valence-corrected chi connectivity index (χ0v) is 13.4. The number of benzene rings is 3. The Morgan fingerprint density at radius 2 is 1.28 bits per heavy atom. The molecule has 0 aliphatic carbocycles. The van der Waals surface area contributed by atoms with Crippen molar-refractivity contribution in [3.8, 4) is 0 Å². The Labute approximate surface area is 145 Å². The fourth-order valence-corrected chi connectivity index (χ4v) is 3.03. The van der Waals surface area contributed by atoms with Gasteiger partial charge in [-0.1, -0.05) is 66.7 Å². The lowest BCUT2D eigenvalue weighted by atomic mass is 10.1. The highest BCUT2D eigenvalue weighted by molar-refractivity contribution is 6.25. The summed E-state index contributed by atoms with van der Waals surface area (Å²) in [5.41, 5.74) is 3.34. The number of hydrogen-bond acceptors (Lipinski definition) is 2. The SMILES string of the molecule is O=C(/C=C1\c2ccccc2C(=O)N1c1ccccc1)c1ccccc1. The van der Waals surface area contributed by atoms with Crippen LogP contribution in [0, 0.1) is 0 Å². The number of carbonyl (C=O) groups excluding carboxylic acids is 2. The van der Waals surface area contributed by atoms with Crippen LogP contribution in [0.4, 0.5) is 5.69 Å². The second-order valence-corrected chi connectivity index (χ2v) is 5.78. The van der Waals surface area contributed by atoms with Crippen molar-refractivity contribution in [2.45, 2.75) is 0 Å². The summed E-state index contributed by atoms with van der Waals surface area (Å²) in [6.07, 6.45) is 1.55. The van der Waals surface area contributed by atoms with Crippen LogP contribution in [0.5, 0.6) is 0 Å². The highest BCUT2D eigenvalue weighted by Crippen LogP contribution is 2.36. The molecule has 0 unspecified atom stereocenters. The van der Waals surface area contributed by atoms with Crippen LogP contribution in [0.1, 0.15) is 26.3 Å². The number of amides is 1. The number of rotatable bonds is 3. The van der Waals surface area contributed by atoms with E-state index < -0.39 is 0 Å². The Morgan fingerprint density at radius 1 is 0.720 bits per heavy atom. The number of fused-ring (bicyclic) bond motifs is 1. The molecule has 1 amide bonds.